The molecule has 0 aliphatic rings. The Morgan fingerprint density at radius 1 is 0.488 bits per heavy atom. The lowest BCUT2D eigenvalue weighted by Gasteiger charge is -2.07. The molecular formula is C39H47BrO3. The lowest BCUT2D eigenvalue weighted by Crippen LogP contribution is -1.97. The van der Waals surface area contributed by atoms with Crippen LogP contribution in [0.4, 0.5) is 0 Å². The van der Waals surface area contributed by atoms with Gasteiger partial charge in [-0.1, -0.05) is 142 Å². The number of benzene rings is 4. The molecule has 0 saturated heterocycles. The van der Waals surface area contributed by atoms with Gasteiger partial charge in [-0.3, -0.25) is 4.79 Å². The fraction of sp³-hybridized carbons (Fsp3) is 0.359. The minimum Gasteiger partial charge on any atom is -0.494 e. The first-order valence-electron chi connectivity index (χ1n) is 15.9. The molecule has 0 aromatic heterocycles. The number of carbonyl (C=O) groups excluding carboxylic acids is 1. The molecule has 4 heteroatoms. The van der Waals surface area contributed by atoms with E-state index in [0.717, 1.165) is 59.4 Å². The maximum absolute atomic E-state index is 10.7. The molecule has 0 N–H and O–H groups in total. The van der Waals surface area contributed by atoms with Gasteiger partial charge in [-0.2, -0.15) is 0 Å². The predicted molar refractivity (Wildman–Crippen MR) is 185 cm³/mol. The molecule has 3 nitrogen and oxygen atoms in total. The van der Waals surface area contributed by atoms with Crippen LogP contribution in [0.25, 0.3) is 22.3 Å². The monoisotopic (exact) mass is 642 g/mol. The molecule has 4 rings (SSSR count). The minimum absolute atomic E-state index is 0.701. The fourth-order valence-corrected chi connectivity index (χ4v) is 4.94. The number of halogens is 1. The van der Waals surface area contributed by atoms with Gasteiger partial charge in [-0.15, -0.1) is 0 Å². The van der Waals surface area contributed by atoms with Crippen molar-refractivity contribution in [2.75, 3.05) is 13.2 Å². The summed E-state index contributed by atoms with van der Waals surface area (Å²) in [5, 5.41) is 0. The van der Waals surface area contributed by atoms with Crippen molar-refractivity contribution in [3.05, 3.63) is 107 Å². The van der Waals surface area contributed by atoms with Crippen molar-refractivity contribution in [3.63, 3.8) is 0 Å². The Morgan fingerprint density at radius 3 is 1.21 bits per heavy atom. The van der Waals surface area contributed by atoms with Crippen LogP contribution in [-0.2, 0) is 0 Å². The van der Waals surface area contributed by atoms with Gasteiger partial charge in [0.25, 0.3) is 0 Å². The molecule has 0 unspecified atom stereocenters. The highest BCUT2D eigenvalue weighted by Gasteiger charge is 2.01. The smallest absolute Gasteiger partial charge is 0.150 e. The first-order valence-corrected chi connectivity index (χ1v) is 16.7. The summed E-state index contributed by atoms with van der Waals surface area (Å²) in [6.07, 6.45) is 13.5. The minimum atomic E-state index is 0.701. The maximum atomic E-state index is 10.7. The third-order valence-corrected chi connectivity index (χ3v) is 7.83. The lowest BCUT2D eigenvalue weighted by atomic mass is 10.0. The third kappa shape index (κ3) is 13.2. The van der Waals surface area contributed by atoms with Gasteiger partial charge < -0.3 is 9.47 Å². The zero-order valence-corrected chi connectivity index (χ0v) is 27.5. The molecule has 0 amide bonds. The van der Waals surface area contributed by atoms with Crippen LogP contribution >= 0.6 is 15.9 Å². The van der Waals surface area contributed by atoms with E-state index < -0.39 is 0 Å². The molecule has 4 aromatic carbocycles. The molecule has 0 aliphatic heterocycles. The summed E-state index contributed by atoms with van der Waals surface area (Å²) >= 11 is 3.46. The quantitative estimate of drug-likeness (QED) is 0.0848. The van der Waals surface area contributed by atoms with E-state index >= 15 is 0 Å². The highest BCUT2D eigenvalue weighted by molar-refractivity contribution is 9.10. The van der Waals surface area contributed by atoms with Crippen LogP contribution < -0.4 is 9.47 Å². The maximum Gasteiger partial charge on any atom is 0.150 e. The Bertz CT molecular complexity index is 1280. The average Bonchev–Trinajstić information content (AvgIpc) is 3.06. The van der Waals surface area contributed by atoms with Gasteiger partial charge in [-0.05, 0) is 71.5 Å². The van der Waals surface area contributed by atoms with E-state index in [1.807, 2.05) is 36.4 Å². The van der Waals surface area contributed by atoms with E-state index in [4.69, 9.17) is 9.47 Å². The summed E-state index contributed by atoms with van der Waals surface area (Å²) in [4.78, 5) is 10.7. The van der Waals surface area contributed by atoms with Crippen molar-refractivity contribution < 1.29 is 14.3 Å². The van der Waals surface area contributed by atoms with E-state index in [1.165, 1.54) is 62.5 Å². The SMILES string of the molecule is CCCCCCCOc1ccc(-c2ccc(Br)cc2)cc1.CCCCCCCOc1ccc(-c2ccc(C=O)cc2)cc1. The van der Waals surface area contributed by atoms with Crippen molar-refractivity contribution in [2.24, 2.45) is 0 Å². The van der Waals surface area contributed by atoms with E-state index in [9.17, 15) is 4.79 Å². The van der Waals surface area contributed by atoms with Gasteiger partial charge >= 0.3 is 0 Å². The van der Waals surface area contributed by atoms with Crippen LogP contribution in [0.1, 0.15) is 88.4 Å². The number of unbranched alkanes of at least 4 members (excludes halogenated alkanes) is 8. The second kappa shape index (κ2) is 20.5. The summed E-state index contributed by atoms with van der Waals surface area (Å²) in [6, 6.07) is 32.5. The average molecular weight is 644 g/mol. The van der Waals surface area contributed by atoms with Crippen LogP contribution in [-0.4, -0.2) is 19.5 Å². The summed E-state index contributed by atoms with van der Waals surface area (Å²) in [5.74, 6) is 1.88. The molecule has 0 spiro atoms. The first-order chi connectivity index (χ1) is 21.1. The molecular weight excluding hydrogens is 596 g/mol. The molecule has 0 heterocycles. The van der Waals surface area contributed by atoms with Crippen molar-refractivity contribution in [1.82, 2.24) is 0 Å². The molecule has 0 atom stereocenters. The normalized spacial score (nSPS) is 10.5. The van der Waals surface area contributed by atoms with E-state index in [1.54, 1.807) is 0 Å². The highest BCUT2D eigenvalue weighted by Crippen LogP contribution is 2.25. The summed E-state index contributed by atoms with van der Waals surface area (Å²) < 4.78 is 12.7. The van der Waals surface area contributed by atoms with E-state index in [2.05, 4.69) is 90.4 Å². The second-order valence-electron chi connectivity index (χ2n) is 10.8. The number of hydrogen-bond acceptors (Lipinski definition) is 3. The molecule has 0 aliphatic carbocycles. The molecule has 0 bridgehead atoms. The van der Waals surface area contributed by atoms with Crippen molar-refractivity contribution in [1.29, 1.82) is 0 Å². The molecule has 228 valence electrons. The van der Waals surface area contributed by atoms with Gasteiger partial charge in [0.2, 0.25) is 0 Å². The number of rotatable bonds is 17. The summed E-state index contributed by atoms with van der Waals surface area (Å²) in [6.45, 7) is 6.08. The fourth-order valence-electron chi connectivity index (χ4n) is 4.67. The van der Waals surface area contributed by atoms with Gasteiger partial charge in [0.1, 0.15) is 17.8 Å². The lowest BCUT2D eigenvalue weighted by molar-refractivity contribution is 0.112. The third-order valence-electron chi connectivity index (χ3n) is 7.30. The Morgan fingerprint density at radius 2 is 0.837 bits per heavy atom. The Kier molecular flexibility index (Phi) is 16.3. The van der Waals surface area contributed by atoms with Crippen LogP contribution in [0.5, 0.6) is 11.5 Å². The zero-order chi connectivity index (χ0) is 30.5. The second-order valence-corrected chi connectivity index (χ2v) is 11.7. The van der Waals surface area contributed by atoms with Crippen LogP contribution in [0, 0.1) is 0 Å². The Balaban J connectivity index is 0.000000236. The summed E-state index contributed by atoms with van der Waals surface area (Å²) in [7, 11) is 0. The first kappa shape index (κ1) is 34.1. The predicted octanol–water partition coefficient (Wildman–Crippen LogP) is 12.0. The molecule has 4 aromatic rings. The number of hydrogen-bond donors (Lipinski definition) is 0. The zero-order valence-electron chi connectivity index (χ0n) is 25.9. The number of ether oxygens (including phenoxy) is 2. The van der Waals surface area contributed by atoms with Gasteiger partial charge in [0.15, 0.2) is 0 Å². The highest BCUT2D eigenvalue weighted by atomic mass is 79.9. The Hall–Kier alpha value is -3.37. The van der Waals surface area contributed by atoms with Crippen molar-refractivity contribution >= 4 is 22.2 Å². The van der Waals surface area contributed by atoms with Crippen LogP contribution in [0.3, 0.4) is 0 Å². The van der Waals surface area contributed by atoms with Gasteiger partial charge in [0, 0.05) is 10.0 Å². The van der Waals surface area contributed by atoms with Crippen LogP contribution in [0.2, 0.25) is 0 Å². The number of carbonyl (C=O) groups is 1. The van der Waals surface area contributed by atoms with E-state index in [0.29, 0.717) is 5.56 Å². The van der Waals surface area contributed by atoms with Crippen molar-refractivity contribution in [2.45, 2.75) is 78.1 Å². The van der Waals surface area contributed by atoms with Crippen LogP contribution in [0.15, 0.2) is 102 Å². The molecule has 0 saturated carbocycles. The number of aldehydes is 1. The summed E-state index contributed by atoms with van der Waals surface area (Å²) in [5.41, 5.74) is 5.39. The largest absolute Gasteiger partial charge is 0.494 e. The topological polar surface area (TPSA) is 35.5 Å². The standard InChI is InChI=1S/C20H24O2.C19H23BrO/c1-2-3-4-5-6-15-22-20-13-11-19(12-14-20)18-9-7-17(16-21)8-10-18;1-2-3-4-5-6-15-21-19-13-9-17(10-14-19)16-7-11-18(20)12-8-16/h7-14,16H,2-6,15H2,1H3;7-14H,2-6,15H2,1H3. The molecule has 43 heavy (non-hydrogen) atoms. The van der Waals surface area contributed by atoms with E-state index in [-0.39, 0.29) is 0 Å². The van der Waals surface area contributed by atoms with Crippen molar-refractivity contribution in [3.8, 4) is 33.8 Å². The molecule has 0 radical (unpaired) electrons. The van der Waals surface area contributed by atoms with Gasteiger partial charge in [-0.25, -0.2) is 0 Å². The van der Waals surface area contributed by atoms with Gasteiger partial charge in [0.05, 0.1) is 13.2 Å². The molecule has 0 fully saturated rings. The Labute approximate surface area is 267 Å².